The average molecular weight is 618 g/mol. The molecule has 1 aliphatic heterocycles. The first kappa shape index (κ1) is 25.2. The molecule has 0 saturated carbocycles. The smallest absolute Gasteiger partial charge is 0.293 e. The number of benzene rings is 3. The molecule has 0 aromatic heterocycles. The molecule has 1 aliphatic rings. The zero-order chi connectivity index (χ0) is 25.1. The average Bonchev–Trinajstić information content (AvgIpc) is 3.07. The standard InChI is InChI=1S/C25H18Br2N2O5S/c1-15-6-8-16(9-7-15)14-34-23-19(26)10-17(11-20(23)27)12-22-24(30)28(25(31)35-22)13-18-4-2-3-5-21(18)29(32)33/h2-12H,13-14H2,1H3/b22-12-. The molecule has 4 rings (SSSR count). The van der Waals surface area contributed by atoms with E-state index in [0.29, 0.717) is 32.4 Å². The van der Waals surface area contributed by atoms with Crippen LogP contribution >= 0.6 is 43.6 Å². The number of nitro benzene ring substituents is 1. The summed E-state index contributed by atoms with van der Waals surface area (Å²) in [5, 5.41) is 10.8. The van der Waals surface area contributed by atoms with Crippen molar-refractivity contribution in [3.05, 3.63) is 107 Å². The van der Waals surface area contributed by atoms with Gasteiger partial charge in [0.25, 0.3) is 16.8 Å². The number of imide groups is 1. The van der Waals surface area contributed by atoms with Crippen molar-refractivity contribution in [3.8, 4) is 5.75 Å². The van der Waals surface area contributed by atoms with Crippen LogP contribution in [0.15, 0.2) is 74.5 Å². The molecule has 0 bridgehead atoms. The summed E-state index contributed by atoms with van der Waals surface area (Å²) in [6.07, 6.45) is 1.61. The van der Waals surface area contributed by atoms with Gasteiger partial charge in [0, 0.05) is 11.6 Å². The van der Waals surface area contributed by atoms with E-state index in [1.807, 2.05) is 31.2 Å². The van der Waals surface area contributed by atoms with Gasteiger partial charge in [-0.25, -0.2) is 0 Å². The predicted molar refractivity (Wildman–Crippen MR) is 142 cm³/mol. The van der Waals surface area contributed by atoms with Crippen LogP contribution in [0.5, 0.6) is 5.75 Å². The van der Waals surface area contributed by atoms with E-state index >= 15 is 0 Å². The summed E-state index contributed by atoms with van der Waals surface area (Å²) in [6.45, 7) is 2.25. The molecule has 2 amide bonds. The van der Waals surface area contributed by atoms with Crippen LogP contribution in [0, 0.1) is 17.0 Å². The lowest BCUT2D eigenvalue weighted by Gasteiger charge is -2.13. The Morgan fingerprint density at radius 1 is 1.06 bits per heavy atom. The van der Waals surface area contributed by atoms with Crippen molar-refractivity contribution in [2.24, 2.45) is 0 Å². The van der Waals surface area contributed by atoms with Crippen molar-refractivity contribution in [1.82, 2.24) is 4.90 Å². The predicted octanol–water partition coefficient (Wildman–Crippen LogP) is 7.24. The number of ether oxygens (including phenoxy) is 1. The monoisotopic (exact) mass is 616 g/mol. The molecule has 35 heavy (non-hydrogen) atoms. The maximum Gasteiger partial charge on any atom is 0.293 e. The van der Waals surface area contributed by atoms with Crippen LogP contribution < -0.4 is 4.74 Å². The Balaban J connectivity index is 1.51. The summed E-state index contributed by atoms with van der Waals surface area (Å²) < 4.78 is 7.34. The summed E-state index contributed by atoms with van der Waals surface area (Å²) in [4.78, 5) is 37.4. The van der Waals surface area contributed by atoms with Gasteiger partial charge in [0.2, 0.25) is 0 Å². The van der Waals surface area contributed by atoms with Crippen molar-refractivity contribution in [2.45, 2.75) is 20.1 Å². The molecular weight excluding hydrogens is 600 g/mol. The molecule has 1 heterocycles. The van der Waals surface area contributed by atoms with Gasteiger partial charge in [0.1, 0.15) is 12.4 Å². The van der Waals surface area contributed by atoms with Crippen molar-refractivity contribution in [1.29, 1.82) is 0 Å². The van der Waals surface area contributed by atoms with E-state index in [9.17, 15) is 19.7 Å². The van der Waals surface area contributed by atoms with E-state index < -0.39 is 16.1 Å². The van der Waals surface area contributed by atoms with Gasteiger partial charge < -0.3 is 4.74 Å². The van der Waals surface area contributed by atoms with Crippen molar-refractivity contribution in [2.75, 3.05) is 0 Å². The summed E-state index contributed by atoms with van der Waals surface area (Å²) in [5.41, 5.74) is 3.05. The summed E-state index contributed by atoms with van der Waals surface area (Å²) in [7, 11) is 0. The zero-order valence-corrected chi connectivity index (χ0v) is 22.4. The minimum absolute atomic E-state index is 0.135. The van der Waals surface area contributed by atoms with Gasteiger partial charge in [0.05, 0.1) is 25.3 Å². The number of hydrogen-bond acceptors (Lipinski definition) is 6. The molecule has 0 atom stereocenters. The van der Waals surface area contributed by atoms with Crippen molar-refractivity contribution >= 4 is 66.5 Å². The van der Waals surface area contributed by atoms with Crippen LogP contribution in [-0.4, -0.2) is 21.0 Å². The third kappa shape index (κ3) is 5.83. The third-order valence-electron chi connectivity index (χ3n) is 5.21. The molecule has 1 saturated heterocycles. The van der Waals surface area contributed by atoms with E-state index in [4.69, 9.17) is 4.74 Å². The number of hydrogen-bond donors (Lipinski definition) is 0. The van der Waals surface area contributed by atoms with Gasteiger partial charge >= 0.3 is 0 Å². The summed E-state index contributed by atoms with van der Waals surface area (Å²) >= 11 is 7.84. The highest BCUT2D eigenvalue weighted by atomic mass is 79.9. The van der Waals surface area contributed by atoms with Crippen molar-refractivity contribution < 1.29 is 19.2 Å². The molecule has 0 aliphatic carbocycles. The number of nitrogens with zero attached hydrogens (tertiary/aromatic N) is 2. The Bertz CT molecular complexity index is 1340. The highest BCUT2D eigenvalue weighted by molar-refractivity contribution is 9.11. The Morgan fingerprint density at radius 3 is 2.37 bits per heavy atom. The topological polar surface area (TPSA) is 89.8 Å². The van der Waals surface area contributed by atoms with E-state index in [1.54, 1.807) is 30.3 Å². The van der Waals surface area contributed by atoms with Crippen LogP contribution in [0.2, 0.25) is 0 Å². The van der Waals surface area contributed by atoms with Gasteiger partial charge in [-0.15, -0.1) is 0 Å². The maximum absolute atomic E-state index is 12.9. The summed E-state index contributed by atoms with van der Waals surface area (Å²) in [6, 6.07) is 17.7. The first-order valence-corrected chi connectivity index (χ1v) is 12.8. The number of para-hydroxylation sites is 1. The first-order valence-electron chi connectivity index (χ1n) is 10.4. The Hall–Kier alpha value is -2.95. The fraction of sp³-hybridized carbons (Fsp3) is 0.120. The fourth-order valence-electron chi connectivity index (χ4n) is 3.42. The second kappa shape index (κ2) is 10.8. The van der Waals surface area contributed by atoms with E-state index in [0.717, 1.165) is 22.2 Å². The van der Waals surface area contributed by atoms with E-state index in [1.165, 1.54) is 17.7 Å². The molecule has 7 nitrogen and oxygen atoms in total. The second-order valence-corrected chi connectivity index (χ2v) is 10.4. The lowest BCUT2D eigenvalue weighted by Crippen LogP contribution is -2.27. The van der Waals surface area contributed by atoms with Crippen molar-refractivity contribution in [3.63, 3.8) is 0 Å². The number of halogens is 2. The van der Waals surface area contributed by atoms with Crippen LogP contribution in [0.25, 0.3) is 6.08 Å². The third-order valence-corrected chi connectivity index (χ3v) is 7.30. The molecule has 1 fully saturated rings. The maximum atomic E-state index is 12.9. The molecule has 178 valence electrons. The lowest BCUT2D eigenvalue weighted by atomic mass is 10.1. The quantitative estimate of drug-likeness (QED) is 0.158. The normalized spacial score (nSPS) is 14.6. The highest BCUT2D eigenvalue weighted by Gasteiger charge is 2.36. The molecule has 10 heteroatoms. The molecule has 3 aromatic carbocycles. The number of thioether (sulfide) groups is 1. The van der Waals surface area contributed by atoms with Gasteiger partial charge in [-0.2, -0.15) is 0 Å². The molecule has 0 N–H and O–H groups in total. The van der Waals surface area contributed by atoms with E-state index in [2.05, 4.69) is 31.9 Å². The molecule has 0 unspecified atom stereocenters. The minimum atomic E-state index is -0.526. The van der Waals surface area contributed by atoms with Gasteiger partial charge in [-0.05, 0) is 79.9 Å². The van der Waals surface area contributed by atoms with Crippen LogP contribution in [0.4, 0.5) is 10.5 Å². The van der Waals surface area contributed by atoms with Crippen LogP contribution in [-0.2, 0) is 17.9 Å². The molecular formula is C25H18Br2N2O5S. The van der Waals surface area contributed by atoms with Gasteiger partial charge in [0.15, 0.2) is 0 Å². The molecule has 0 radical (unpaired) electrons. The second-order valence-electron chi connectivity index (χ2n) is 7.74. The number of aryl methyl sites for hydroxylation is 1. The minimum Gasteiger partial charge on any atom is -0.487 e. The molecule has 3 aromatic rings. The SMILES string of the molecule is Cc1ccc(COc2c(Br)cc(/C=C3\SC(=O)N(Cc4ccccc4[N+](=O)[O-])C3=O)cc2Br)cc1. The number of carbonyl (C=O) groups excluding carboxylic acids is 2. The number of carbonyl (C=O) groups is 2. The zero-order valence-electron chi connectivity index (χ0n) is 18.4. The Morgan fingerprint density at radius 2 is 1.71 bits per heavy atom. The number of rotatable bonds is 7. The van der Waals surface area contributed by atoms with Crippen LogP contribution in [0.1, 0.15) is 22.3 Å². The Labute approximate surface area is 222 Å². The van der Waals surface area contributed by atoms with Gasteiger partial charge in [-0.1, -0.05) is 48.0 Å². The Kier molecular flexibility index (Phi) is 7.73. The lowest BCUT2D eigenvalue weighted by molar-refractivity contribution is -0.385. The van der Waals surface area contributed by atoms with Gasteiger partial charge in [-0.3, -0.25) is 24.6 Å². The summed E-state index contributed by atoms with van der Waals surface area (Å²) in [5.74, 6) is 0.123. The highest BCUT2D eigenvalue weighted by Crippen LogP contribution is 2.38. The fourth-order valence-corrected chi connectivity index (χ4v) is 5.71. The number of nitro groups is 1. The number of amides is 2. The largest absolute Gasteiger partial charge is 0.487 e. The van der Waals surface area contributed by atoms with Crippen LogP contribution in [0.3, 0.4) is 0 Å². The van der Waals surface area contributed by atoms with E-state index in [-0.39, 0.29) is 17.1 Å². The molecule has 0 spiro atoms. The first-order chi connectivity index (χ1) is 16.7.